The lowest BCUT2D eigenvalue weighted by Crippen LogP contribution is -2.35. The van der Waals surface area contributed by atoms with Crippen molar-refractivity contribution < 1.29 is 14.8 Å². The minimum atomic E-state index is -0.828. The summed E-state index contributed by atoms with van der Waals surface area (Å²) >= 11 is 0. The van der Waals surface area contributed by atoms with E-state index < -0.39 is 18.0 Å². The fourth-order valence-corrected chi connectivity index (χ4v) is 2.94. The van der Waals surface area contributed by atoms with Gasteiger partial charge in [0.05, 0.1) is 0 Å². The average molecular weight is 355 g/mol. The maximum Gasteiger partial charge on any atom is 0.322 e. The molecule has 1 aromatic rings. The zero-order chi connectivity index (χ0) is 18.5. The van der Waals surface area contributed by atoms with Crippen molar-refractivity contribution in [2.24, 2.45) is 5.16 Å². The van der Waals surface area contributed by atoms with Crippen LogP contribution < -0.4 is 10.6 Å². The Balaban J connectivity index is 1.70. The van der Waals surface area contributed by atoms with E-state index >= 15 is 0 Å². The summed E-state index contributed by atoms with van der Waals surface area (Å²) in [6, 6.07) is 5.91. The predicted molar refractivity (Wildman–Crippen MR) is 95.8 cm³/mol. The summed E-state index contributed by atoms with van der Waals surface area (Å²) in [6.07, 6.45) is 1.01. The van der Waals surface area contributed by atoms with Crippen LogP contribution in [0.15, 0.2) is 29.4 Å². The Morgan fingerprint density at radius 2 is 1.96 bits per heavy atom. The number of likely N-dealkylation sites (N-methyl/N-ethyl adjacent to an activating group) is 1. The number of hydrogen-bond donors (Lipinski definition) is 3. The number of nitrogens with one attached hydrogen (secondary N) is 2. The van der Waals surface area contributed by atoms with Crippen molar-refractivity contribution in [1.82, 2.24) is 20.4 Å². The third-order valence-electron chi connectivity index (χ3n) is 4.39. The van der Waals surface area contributed by atoms with Gasteiger partial charge in [-0.05, 0) is 44.3 Å². The maximum absolute atomic E-state index is 11.5. The Kier molecular flexibility index (Phi) is 5.39. The molecule has 2 aliphatic heterocycles. The van der Waals surface area contributed by atoms with Crippen molar-refractivity contribution in [3.05, 3.63) is 35.4 Å². The van der Waals surface area contributed by atoms with E-state index in [0.29, 0.717) is 11.4 Å². The summed E-state index contributed by atoms with van der Waals surface area (Å²) < 4.78 is 0. The molecule has 0 spiro atoms. The highest BCUT2D eigenvalue weighted by Gasteiger charge is 2.27. The molecule has 1 atom stereocenters. The van der Waals surface area contributed by atoms with E-state index in [4.69, 9.17) is 0 Å². The second-order valence-electron chi connectivity index (χ2n) is 6.31. The number of nitrogens with zero attached hydrogens (tertiary/aromatic N) is 3. The molecule has 0 bridgehead atoms. The lowest BCUT2D eigenvalue weighted by atomic mass is 10.1. The van der Waals surface area contributed by atoms with Crippen LogP contribution in [0, 0.1) is 11.8 Å². The number of benzene rings is 1. The Morgan fingerprint density at radius 3 is 2.62 bits per heavy atom. The van der Waals surface area contributed by atoms with Crippen LogP contribution in [0.3, 0.4) is 0 Å². The summed E-state index contributed by atoms with van der Waals surface area (Å²) in [5.74, 6) is 5.70. The van der Waals surface area contributed by atoms with Gasteiger partial charge in [-0.3, -0.25) is 10.1 Å². The topological polar surface area (TPSA) is 97.3 Å². The molecule has 0 aliphatic carbocycles. The number of oxime groups is 1. The molecule has 3 N–H and O–H groups in total. The highest BCUT2D eigenvalue weighted by Crippen LogP contribution is 2.11. The van der Waals surface area contributed by atoms with Crippen LogP contribution in [0.2, 0.25) is 0 Å². The molecule has 1 aromatic carbocycles. The zero-order valence-corrected chi connectivity index (χ0v) is 14.5. The summed E-state index contributed by atoms with van der Waals surface area (Å²) in [6.45, 7) is 3.57. The van der Waals surface area contributed by atoms with Gasteiger partial charge >= 0.3 is 6.03 Å². The molecule has 0 saturated carbocycles. The summed E-state index contributed by atoms with van der Waals surface area (Å²) in [5, 5.41) is 17.5. The monoisotopic (exact) mass is 355 g/mol. The van der Waals surface area contributed by atoms with Crippen LogP contribution in [0.25, 0.3) is 0 Å². The normalized spacial score (nSPS) is 21.5. The molecule has 2 saturated heterocycles. The van der Waals surface area contributed by atoms with Gasteiger partial charge in [-0.25, -0.2) is 4.79 Å². The Morgan fingerprint density at radius 1 is 1.19 bits per heavy atom. The van der Waals surface area contributed by atoms with Gasteiger partial charge in [0.15, 0.2) is 11.9 Å². The molecule has 2 fully saturated rings. The van der Waals surface area contributed by atoms with E-state index in [0.717, 1.165) is 38.2 Å². The van der Waals surface area contributed by atoms with Gasteiger partial charge < -0.3 is 20.3 Å². The van der Waals surface area contributed by atoms with E-state index in [1.165, 1.54) is 0 Å². The van der Waals surface area contributed by atoms with E-state index in [1.54, 1.807) is 12.1 Å². The first-order chi connectivity index (χ1) is 12.6. The third-order valence-corrected chi connectivity index (χ3v) is 4.39. The van der Waals surface area contributed by atoms with E-state index in [9.17, 15) is 14.8 Å². The quantitative estimate of drug-likeness (QED) is 0.165. The number of imide groups is 1. The highest BCUT2D eigenvalue weighted by molar-refractivity contribution is 6.05. The van der Waals surface area contributed by atoms with Crippen LogP contribution in [-0.2, 0) is 4.79 Å². The number of urea groups is 1. The molecular weight excluding hydrogens is 334 g/mol. The molecule has 8 nitrogen and oxygen atoms in total. The number of amides is 3. The van der Waals surface area contributed by atoms with E-state index in [1.807, 2.05) is 12.1 Å². The zero-order valence-electron chi connectivity index (χ0n) is 14.5. The summed E-state index contributed by atoms with van der Waals surface area (Å²) in [4.78, 5) is 26.9. The minimum Gasteiger partial charge on any atom is -0.409 e. The van der Waals surface area contributed by atoms with Crippen molar-refractivity contribution >= 4 is 17.8 Å². The van der Waals surface area contributed by atoms with E-state index in [2.05, 4.69) is 44.5 Å². The largest absolute Gasteiger partial charge is 0.409 e. The predicted octanol–water partition coefficient (Wildman–Crippen LogP) is 0.0194. The molecule has 0 unspecified atom stereocenters. The average Bonchev–Trinajstić information content (AvgIpc) is 2.81. The van der Waals surface area contributed by atoms with E-state index in [-0.39, 0.29) is 0 Å². The fraction of sp³-hybridized carbons (Fsp3) is 0.389. The number of rotatable bonds is 1. The molecule has 3 amide bonds. The van der Waals surface area contributed by atoms with Crippen molar-refractivity contribution in [3.63, 3.8) is 0 Å². The molecule has 26 heavy (non-hydrogen) atoms. The van der Waals surface area contributed by atoms with Crippen LogP contribution in [0.4, 0.5) is 4.79 Å². The molecule has 0 radical (unpaired) electrons. The van der Waals surface area contributed by atoms with Crippen molar-refractivity contribution in [3.8, 4) is 11.8 Å². The second kappa shape index (κ2) is 7.89. The van der Waals surface area contributed by atoms with Crippen molar-refractivity contribution in [2.45, 2.75) is 12.5 Å². The Labute approximate surface area is 151 Å². The van der Waals surface area contributed by atoms with Gasteiger partial charge in [0.25, 0.3) is 5.91 Å². The fourth-order valence-electron chi connectivity index (χ4n) is 2.94. The SMILES string of the molecule is CN1CCCN(/C(=N\O)c2ccc(C#C[C@@H]3NC(=O)NC3=O)cc2)CC1. The van der Waals surface area contributed by atoms with Gasteiger partial charge in [0.1, 0.15) is 0 Å². The van der Waals surface area contributed by atoms with Gasteiger partial charge in [-0.2, -0.15) is 0 Å². The molecule has 2 aliphatic rings. The van der Waals surface area contributed by atoms with Gasteiger partial charge in [0.2, 0.25) is 0 Å². The van der Waals surface area contributed by atoms with Crippen molar-refractivity contribution in [2.75, 3.05) is 33.2 Å². The number of hydrogen-bond acceptors (Lipinski definition) is 5. The molecule has 136 valence electrons. The Bertz CT molecular complexity index is 778. The van der Waals surface area contributed by atoms with Gasteiger partial charge in [-0.1, -0.05) is 17.0 Å². The maximum atomic E-state index is 11.5. The molecule has 2 heterocycles. The van der Waals surface area contributed by atoms with Crippen LogP contribution >= 0.6 is 0 Å². The number of carbonyl (C=O) groups excluding carboxylic acids is 2. The second-order valence-corrected chi connectivity index (χ2v) is 6.31. The third kappa shape index (κ3) is 4.13. The lowest BCUT2D eigenvalue weighted by molar-refractivity contribution is -0.119. The summed E-state index contributed by atoms with van der Waals surface area (Å²) in [5.41, 5.74) is 1.50. The lowest BCUT2D eigenvalue weighted by Gasteiger charge is -2.23. The van der Waals surface area contributed by atoms with Crippen molar-refractivity contribution in [1.29, 1.82) is 0 Å². The summed E-state index contributed by atoms with van der Waals surface area (Å²) in [7, 11) is 2.08. The molecule has 0 aromatic heterocycles. The van der Waals surface area contributed by atoms with Crippen LogP contribution in [-0.4, -0.2) is 72.0 Å². The Hall–Kier alpha value is -3.05. The number of carbonyl (C=O) groups is 2. The molecule has 3 rings (SSSR count). The number of amidine groups is 1. The minimum absolute atomic E-state index is 0.444. The first-order valence-electron chi connectivity index (χ1n) is 8.45. The standard InChI is InChI=1S/C18H21N5O3/c1-22-9-2-10-23(12-11-22)16(21-26)14-6-3-13(4-7-14)5-8-15-17(24)20-18(25)19-15/h3-4,6-7,15,26H,2,9-12H2,1H3,(H2,19,20,24,25)/b21-16-/t15-/m0/s1. The smallest absolute Gasteiger partial charge is 0.322 e. The molecular formula is C18H21N5O3. The highest BCUT2D eigenvalue weighted by atomic mass is 16.4. The molecule has 8 heteroatoms. The van der Waals surface area contributed by atoms with Gasteiger partial charge in [-0.15, -0.1) is 0 Å². The first kappa shape index (κ1) is 17.8. The first-order valence-corrected chi connectivity index (χ1v) is 8.45. The van der Waals surface area contributed by atoms with Gasteiger partial charge in [0, 0.05) is 30.8 Å². The van der Waals surface area contributed by atoms with Crippen LogP contribution in [0.5, 0.6) is 0 Å². The van der Waals surface area contributed by atoms with Crippen LogP contribution in [0.1, 0.15) is 17.5 Å².